The molecule has 0 spiro atoms. The molecule has 0 saturated carbocycles. The first kappa shape index (κ1) is 16.5. The van der Waals surface area contributed by atoms with Crippen LogP contribution in [-0.2, 0) is 6.54 Å². The first-order chi connectivity index (χ1) is 10.4. The van der Waals surface area contributed by atoms with Gasteiger partial charge in [0.05, 0.1) is 10.9 Å². The topological polar surface area (TPSA) is 80.6 Å². The molecule has 0 radical (unpaired) electrons. The number of nitrogens with one attached hydrogen (secondary N) is 1. The van der Waals surface area contributed by atoms with Crippen molar-refractivity contribution >= 4 is 23.3 Å². The lowest BCUT2D eigenvalue weighted by molar-refractivity contribution is 0.0988. The maximum Gasteiger partial charge on any atom is 0.192 e. The number of rotatable bonds is 6. The summed E-state index contributed by atoms with van der Waals surface area (Å²) in [7, 11) is 0. The maximum absolute atomic E-state index is 12.7. The molecule has 0 fully saturated rings. The second kappa shape index (κ2) is 6.48. The molecule has 0 saturated heterocycles. The number of carbonyl (C=O) groups is 2. The molecule has 7 heteroatoms. The van der Waals surface area contributed by atoms with Gasteiger partial charge in [0, 0.05) is 17.8 Å². The van der Waals surface area contributed by atoms with Gasteiger partial charge in [0.15, 0.2) is 16.7 Å². The second-order valence-corrected chi connectivity index (χ2v) is 6.51. The molecular weight excluding hydrogens is 300 g/mol. The van der Waals surface area contributed by atoms with E-state index < -0.39 is 0 Å². The van der Waals surface area contributed by atoms with Gasteiger partial charge in [-0.1, -0.05) is 11.8 Å². The summed E-state index contributed by atoms with van der Waals surface area (Å²) in [5.41, 5.74) is 2.57. The molecule has 22 heavy (non-hydrogen) atoms. The summed E-state index contributed by atoms with van der Waals surface area (Å²) in [6, 6.07) is 0. The van der Waals surface area contributed by atoms with Crippen LogP contribution in [-0.4, -0.2) is 36.6 Å². The number of Topliss-reactive ketones (excluding diaryl/α,β-unsaturated/α-hetero) is 2. The van der Waals surface area contributed by atoms with Crippen molar-refractivity contribution in [3.63, 3.8) is 0 Å². The number of nitrogens with zero attached hydrogens (tertiary/aromatic N) is 3. The molecule has 0 aliphatic rings. The van der Waals surface area contributed by atoms with Crippen LogP contribution in [0.25, 0.3) is 0 Å². The van der Waals surface area contributed by atoms with Crippen LogP contribution >= 0.6 is 11.8 Å². The molecule has 1 atom stereocenters. The maximum atomic E-state index is 12.7. The normalized spacial score (nSPS) is 12.4. The summed E-state index contributed by atoms with van der Waals surface area (Å²) in [6.07, 6.45) is 1.65. The zero-order chi connectivity index (χ0) is 16.4. The van der Waals surface area contributed by atoms with E-state index >= 15 is 0 Å². The number of ketones is 2. The lowest BCUT2D eigenvalue weighted by atomic mass is 10.0. The molecule has 0 unspecified atom stereocenters. The van der Waals surface area contributed by atoms with Gasteiger partial charge < -0.3 is 9.55 Å². The molecule has 2 aromatic heterocycles. The van der Waals surface area contributed by atoms with Gasteiger partial charge in [-0.3, -0.25) is 9.59 Å². The van der Waals surface area contributed by atoms with Crippen molar-refractivity contribution in [2.75, 3.05) is 0 Å². The fraction of sp³-hybridized carbons (Fsp3) is 0.467. The Bertz CT molecular complexity index is 717. The lowest BCUT2D eigenvalue weighted by Gasteiger charge is -2.10. The number of carbonyl (C=O) groups excluding carboxylic acids is 2. The molecule has 118 valence electrons. The highest BCUT2D eigenvalue weighted by Gasteiger charge is 2.25. The number of hydrogen-bond acceptors (Lipinski definition) is 5. The van der Waals surface area contributed by atoms with Crippen molar-refractivity contribution in [1.82, 2.24) is 19.7 Å². The smallest absolute Gasteiger partial charge is 0.192 e. The van der Waals surface area contributed by atoms with Crippen molar-refractivity contribution in [2.24, 2.45) is 0 Å². The lowest BCUT2D eigenvalue weighted by Crippen LogP contribution is -2.16. The first-order valence-electron chi connectivity index (χ1n) is 7.15. The Balaban J connectivity index is 2.25. The van der Waals surface area contributed by atoms with Crippen LogP contribution < -0.4 is 0 Å². The number of aryl methyl sites for hydroxylation is 2. The fourth-order valence-electron chi connectivity index (χ4n) is 2.49. The van der Waals surface area contributed by atoms with Crippen LogP contribution in [0.3, 0.4) is 0 Å². The Morgan fingerprint density at radius 2 is 2.09 bits per heavy atom. The number of thioether (sulfide) groups is 1. The average Bonchev–Trinajstić information content (AvgIpc) is 3.01. The van der Waals surface area contributed by atoms with Crippen molar-refractivity contribution in [3.8, 4) is 0 Å². The van der Waals surface area contributed by atoms with Gasteiger partial charge in [-0.05, 0) is 40.2 Å². The Morgan fingerprint density at radius 3 is 2.64 bits per heavy atom. The summed E-state index contributed by atoms with van der Waals surface area (Å²) in [5.74, 6) is -0.0694. The van der Waals surface area contributed by atoms with Crippen LogP contribution in [0.4, 0.5) is 0 Å². The first-order valence-corrected chi connectivity index (χ1v) is 8.03. The molecule has 0 bridgehead atoms. The zero-order valence-corrected chi connectivity index (χ0v) is 14.2. The van der Waals surface area contributed by atoms with Crippen LogP contribution in [0.5, 0.6) is 0 Å². The van der Waals surface area contributed by atoms with Crippen molar-refractivity contribution in [3.05, 3.63) is 28.8 Å². The predicted octanol–water partition coefficient (Wildman–Crippen LogP) is 2.81. The fourth-order valence-corrected chi connectivity index (χ4v) is 3.44. The average molecular weight is 320 g/mol. The number of aromatic amines is 1. The Morgan fingerprint density at radius 1 is 1.41 bits per heavy atom. The van der Waals surface area contributed by atoms with Gasteiger partial charge in [-0.15, -0.1) is 10.2 Å². The van der Waals surface area contributed by atoms with Crippen LogP contribution in [0.1, 0.15) is 52.9 Å². The van der Waals surface area contributed by atoms with E-state index in [2.05, 4.69) is 15.2 Å². The van der Waals surface area contributed by atoms with E-state index in [9.17, 15) is 9.59 Å². The van der Waals surface area contributed by atoms with Gasteiger partial charge in [0.1, 0.15) is 6.33 Å². The number of hydrogen-bond donors (Lipinski definition) is 1. The van der Waals surface area contributed by atoms with Gasteiger partial charge in [0.25, 0.3) is 0 Å². The third-order valence-electron chi connectivity index (χ3n) is 3.61. The third kappa shape index (κ3) is 2.99. The molecule has 0 aliphatic heterocycles. The minimum Gasteiger partial charge on any atom is -0.355 e. The summed E-state index contributed by atoms with van der Waals surface area (Å²) in [5, 5.41) is 8.31. The van der Waals surface area contributed by atoms with E-state index in [-0.39, 0.29) is 16.8 Å². The number of aromatic nitrogens is 4. The standard InChI is InChI=1S/C15H20N4O2S/c1-6-19-7-16-18-15(19)22-11(5)14(21)13-8(2)12(10(4)20)9(3)17-13/h7,11,17H,6H2,1-5H3/t11-/m0/s1. The van der Waals surface area contributed by atoms with Crippen LogP contribution in [0.15, 0.2) is 11.5 Å². The Hall–Kier alpha value is -1.89. The van der Waals surface area contributed by atoms with Gasteiger partial charge >= 0.3 is 0 Å². The minimum atomic E-state index is -0.314. The van der Waals surface area contributed by atoms with Crippen LogP contribution in [0.2, 0.25) is 0 Å². The summed E-state index contributed by atoms with van der Waals surface area (Å²) >= 11 is 1.37. The van der Waals surface area contributed by atoms with E-state index in [4.69, 9.17) is 0 Å². The molecule has 0 amide bonds. The minimum absolute atomic E-state index is 0.0312. The monoisotopic (exact) mass is 320 g/mol. The third-order valence-corrected chi connectivity index (χ3v) is 4.70. The predicted molar refractivity (Wildman–Crippen MR) is 85.6 cm³/mol. The molecule has 1 N–H and O–H groups in total. The Labute approximate surface area is 133 Å². The zero-order valence-electron chi connectivity index (χ0n) is 13.4. The molecule has 6 nitrogen and oxygen atoms in total. The highest BCUT2D eigenvalue weighted by Crippen LogP contribution is 2.26. The van der Waals surface area contributed by atoms with Crippen molar-refractivity contribution in [2.45, 2.75) is 51.6 Å². The van der Waals surface area contributed by atoms with E-state index in [1.54, 1.807) is 13.3 Å². The van der Waals surface area contributed by atoms with Crippen molar-refractivity contribution < 1.29 is 9.59 Å². The van der Waals surface area contributed by atoms with Gasteiger partial charge in [0.2, 0.25) is 0 Å². The summed E-state index contributed by atoms with van der Waals surface area (Å²) in [4.78, 5) is 27.4. The van der Waals surface area contributed by atoms with Gasteiger partial charge in [-0.25, -0.2) is 0 Å². The van der Waals surface area contributed by atoms with E-state index in [0.717, 1.165) is 23.0 Å². The van der Waals surface area contributed by atoms with E-state index in [0.29, 0.717) is 11.3 Å². The summed E-state index contributed by atoms with van der Waals surface area (Å²) in [6.45, 7) is 9.72. The molecule has 2 rings (SSSR count). The molecule has 2 aromatic rings. The molecular formula is C15H20N4O2S. The Kier molecular flexibility index (Phi) is 4.85. The highest BCUT2D eigenvalue weighted by atomic mass is 32.2. The molecule has 2 heterocycles. The van der Waals surface area contributed by atoms with Crippen LogP contribution in [0, 0.1) is 13.8 Å². The van der Waals surface area contributed by atoms with Crippen molar-refractivity contribution in [1.29, 1.82) is 0 Å². The summed E-state index contributed by atoms with van der Waals surface area (Å²) < 4.78 is 1.89. The highest BCUT2D eigenvalue weighted by molar-refractivity contribution is 8.00. The van der Waals surface area contributed by atoms with E-state index in [1.165, 1.54) is 18.7 Å². The van der Waals surface area contributed by atoms with Gasteiger partial charge in [-0.2, -0.15) is 0 Å². The second-order valence-electron chi connectivity index (χ2n) is 5.21. The number of H-pyrrole nitrogens is 1. The quantitative estimate of drug-likeness (QED) is 0.654. The SMILES string of the molecule is CCn1cnnc1S[C@@H](C)C(=O)c1[nH]c(C)c(C(C)=O)c1C. The largest absolute Gasteiger partial charge is 0.355 e. The molecule has 0 aliphatic carbocycles. The molecule has 0 aromatic carbocycles. The van der Waals surface area contributed by atoms with E-state index in [1.807, 2.05) is 25.3 Å².